The molecule has 1 aliphatic heterocycles. The number of nitrogens with zero attached hydrogens (tertiary/aromatic N) is 2. The number of carbonyl (C=O) groups is 2. The Labute approximate surface area is 104 Å². The number of imidazole rings is 1. The van der Waals surface area contributed by atoms with Gasteiger partial charge in [0.25, 0.3) is 0 Å². The second-order valence-electron chi connectivity index (χ2n) is 4.48. The maximum absolute atomic E-state index is 11.9. The van der Waals surface area contributed by atoms with Gasteiger partial charge in [-0.1, -0.05) is 6.92 Å². The molecule has 2 amide bonds. The highest BCUT2D eigenvalue weighted by atomic mass is 16.4. The average molecular weight is 252 g/mol. The Morgan fingerprint density at radius 2 is 2.44 bits per heavy atom. The fourth-order valence-corrected chi connectivity index (χ4v) is 2.21. The first-order chi connectivity index (χ1) is 8.59. The van der Waals surface area contributed by atoms with Gasteiger partial charge in [-0.2, -0.15) is 0 Å². The molecule has 3 N–H and O–H groups in total. The van der Waals surface area contributed by atoms with E-state index in [0.717, 1.165) is 5.69 Å². The lowest BCUT2D eigenvalue weighted by atomic mass is 10.0. The lowest BCUT2D eigenvalue weighted by Crippen LogP contribution is -2.47. The molecule has 98 valence electrons. The monoisotopic (exact) mass is 252 g/mol. The summed E-state index contributed by atoms with van der Waals surface area (Å²) < 4.78 is 0. The van der Waals surface area contributed by atoms with E-state index in [1.807, 2.05) is 6.92 Å². The third kappa shape index (κ3) is 2.44. The summed E-state index contributed by atoms with van der Waals surface area (Å²) in [7, 11) is 0. The molecule has 7 nitrogen and oxygen atoms in total. The van der Waals surface area contributed by atoms with Crippen LogP contribution in [0.1, 0.15) is 19.0 Å². The van der Waals surface area contributed by atoms with Crippen LogP contribution >= 0.6 is 0 Å². The van der Waals surface area contributed by atoms with Crippen LogP contribution in [0.15, 0.2) is 12.5 Å². The number of hydrogen-bond acceptors (Lipinski definition) is 3. The highest BCUT2D eigenvalue weighted by molar-refractivity contribution is 5.83. The zero-order valence-corrected chi connectivity index (χ0v) is 10.1. The molecule has 0 aromatic carbocycles. The number of likely N-dealkylation sites (tertiary alicyclic amines) is 1. The Bertz CT molecular complexity index is 432. The topological polar surface area (TPSA) is 98.3 Å². The van der Waals surface area contributed by atoms with Gasteiger partial charge < -0.3 is 20.3 Å². The third-order valence-electron chi connectivity index (χ3n) is 3.20. The van der Waals surface area contributed by atoms with Crippen LogP contribution in [-0.4, -0.2) is 44.6 Å². The van der Waals surface area contributed by atoms with Gasteiger partial charge in [-0.05, 0) is 12.3 Å². The van der Waals surface area contributed by atoms with Crippen LogP contribution in [0.4, 0.5) is 4.79 Å². The van der Waals surface area contributed by atoms with E-state index in [2.05, 4.69) is 15.3 Å². The van der Waals surface area contributed by atoms with Gasteiger partial charge in [-0.25, -0.2) is 14.6 Å². The van der Waals surface area contributed by atoms with Gasteiger partial charge in [0.05, 0.1) is 18.6 Å². The predicted molar refractivity (Wildman–Crippen MR) is 62.7 cm³/mol. The second kappa shape index (κ2) is 5.07. The number of carboxylic acid groups (broad SMARTS) is 1. The lowest BCUT2D eigenvalue weighted by molar-refractivity contribution is -0.142. The van der Waals surface area contributed by atoms with Gasteiger partial charge in [-0.15, -0.1) is 0 Å². The number of amides is 2. The van der Waals surface area contributed by atoms with E-state index in [0.29, 0.717) is 19.5 Å². The minimum absolute atomic E-state index is 0.0135. The predicted octanol–water partition coefficient (Wildman–Crippen LogP) is 0.414. The summed E-state index contributed by atoms with van der Waals surface area (Å²) in [5.41, 5.74) is 0.780. The first-order valence-electron chi connectivity index (χ1n) is 5.84. The number of hydrogen-bond donors (Lipinski definition) is 3. The van der Waals surface area contributed by atoms with Crippen molar-refractivity contribution in [1.29, 1.82) is 0 Å². The number of carbonyl (C=O) groups excluding carboxylic acids is 1. The summed E-state index contributed by atoms with van der Waals surface area (Å²) >= 11 is 0. The van der Waals surface area contributed by atoms with Crippen LogP contribution < -0.4 is 5.32 Å². The molecule has 0 spiro atoms. The van der Waals surface area contributed by atoms with E-state index in [4.69, 9.17) is 5.11 Å². The Morgan fingerprint density at radius 3 is 3.06 bits per heavy atom. The maximum atomic E-state index is 11.9. The van der Waals surface area contributed by atoms with E-state index in [-0.39, 0.29) is 11.9 Å². The van der Waals surface area contributed by atoms with Gasteiger partial charge in [0.15, 0.2) is 0 Å². The Morgan fingerprint density at radius 1 is 1.67 bits per heavy atom. The number of aliphatic carboxylic acids is 1. The molecule has 1 saturated heterocycles. The molecule has 1 fully saturated rings. The SMILES string of the molecule is CC1CCN(C(=O)NCc2cnc[nH]2)C1C(=O)O. The van der Waals surface area contributed by atoms with Crippen molar-refractivity contribution in [3.63, 3.8) is 0 Å². The van der Waals surface area contributed by atoms with Crippen molar-refractivity contribution < 1.29 is 14.7 Å². The van der Waals surface area contributed by atoms with Gasteiger partial charge in [0.1, 0.15) is 6.04 Å². The van der Waals surface area contributed by atoms with Gasteiger partial charge >= 0.3 is 12.0 Å². The van der Waals surface area contributed by atoms with Crippen LogP contribution in [0.25, 0.3) is 0 Å². The van der Waals surface area contributed by atoms with Gasteiger partial charge in [0.2, 0.25) is 0 Å². The Hall–Kier alpha value is -2.05. The fourth-order valence-electron chi connectivity index (χ4n) is 2.21. The molecule has 0 bridgehead atoms. The minimum Gasteiger partial charge on any atom is -0.480 e. The fraction of sp³-hybridized carbons (Fsp3) is 0.545. The molecular formula is C11H16N4O3. The van der Waals surface area contributed by atoms with Crippen LogP contribution in [0, 0.1) is 5.92 Å². The third-order valence-corrected chi connectivity index (χ3v) is 3.20. The van der Waals surface area contributed by atoms with Crippen LogP contribution in [0.5, 0.6) is 0 Å². The number of rotatable bonds is 3. The minimum atomic E-state index is -0.948. The molecule has 2 atom stereocenters. The van der Waals surface area contributed by atoms with Crippen molar-refractivity contribution in [3.8, 4) is 0 Å². The summed E-state index contributed by atoms with van der Waals surface area (Å²) in [5, 5.41) is 11.8. The Balaban J connectivity index is 1.94. The van der Waals surface area contributed by atoms with Crippen molar-refractivity contribution in [3.05, 3.63) is 18.2 Å². The molecule has 2 rings (SSSR count). The number of nitrogens with one attached hydrogen (secondary N) is 2. The first-order valence-corrected chi connectivity index (χ1v) is 5.84. The van der Waals surface area contributed by atoms with Gasteiger partial charge in [-0.3, -0.25) is 0 Å². The summed E-state index contributed by atoms with van der Waals surface area (Å²) in [5.74, 6) is -0.961. The molecule has 1 aromatic heterocycles. The molecule has 7 heteroatoms. The zero-order chi connectivity index (χ0) is 13.1. The summed E-state index contributed by atoms with van der Waals surface area (Å²) in [6, 6.07) is -1.08. The van der Waals surface area contributed by atoms with Crippen molar-refractivity contribution in [2.45, 2.75) is 25.9 Å². The highest BCUT2D eigenvalue weighted by Gasteiger charge is 2.39. The lowest BCUT2D eigenvalue weighted by Gasteiger charge is -2.23. The first kappa shape index (κ1) is 12.4. The van der Waals surface area contributed by atoms with E-state index in [9.17, 15) is 9.59 Å². The largest absolute Gasteiger partial charge is 0.480 e. The number of aromatic nitrogens is 2. The number of H-pyrrole nitrogens is 1. The summed E-state index contributed by atoms with van der Waals surface area (Å²) in [6.45, 7) is 2.64. The molecule has 0 radical (unpaired) electrons. The normalized spacial score (nSPS) is 23.1. The maximum Gasteiger partial charge on any atom is 0.326 e. The van der Waals surface area contributed by atoms with Crippen molar-refractivity contribution >= 4 is 12.0 Å². The Kier molecular flexibility index (Phi) is 3.50. The number of carboxylic acids is 1. The quantitative estimate of drug-likeness (QED) is 0.725. The molecule has 0 aliphatic carbocycles. The molecule has 0 saturated carbocycles. The standard InChI is InChI=1S/C11H16N4O3/c1-7-2-3-15(9(7)10(16)17)11(18)13-5-8-4-12-6-14-8/h4,6-7,9H,2-3,5H2,1H3,(H,12,14)(H,13,18)(H,16,17). The number of aromatic amines is 1. The second-order valence-corrected chi connectivity index (χ2v) is 4.48. The molecule has 2 unspecified atom stereocenters. The average Bonchev–Trinajstić information content (AvgIpc) is 2.94. The summed E-state index contributed by atoms with van der Waals surface area (Å²) in [6.07, 6.45) is 3.86. The van der Waals surface area contributed by atoms with Crippen LogP contribution in [-0.2, 0) is 11.3 Å². The molecular weight excluding hydrogens is 236 g/mol. The van der Waals surface area contributed by atoms with Crippen molar-refractivity contribution in [1.82, 2.24) is 20.2 Å². The van der Waals surface area contributed by atoms with E-state index >= 15 is 0 Å². The zero-order valence-electron chi connectivity index (χ0n) is 10.1. The smallest absolute Gasteiger partial charge is 0.326 e. The van der Waals surface area contributed by atoms with E-state index in [1.165, 1.54) is 11.2 Å². The van der Waals surface area contributed by atoms with Crippen LogP contribution in [0.2, 0.25) is 0 Å². The highest BCUT2D eigenvalue weighted by Crippen LogP contribution is 2.23. The molecule has 1 aromatic rings. The molecule has 18 heavy (non-hydrogen) atoms. The number of urea groups is 1. The van der Waals surface area contributed by atoms with E-state index < -0.39 is 12.0 Å². The van der Waals surface area contributed by atoms with Crippen LogP contribution in [0.3, 0.4) is 0 Å². The van der Waals surface area contributed by atoms with Crippen molar-refractivity contribution in [2.75, 3.05) is 6.54 Å². The summed E-state index contributed by atoms with van der Waals surface area (Å²) in [4.78, 5) is 31.1. The van der Waals surface area contributed by atoms with E-state index in [1.54, 1.807) is 6.20 Å². The van der Waals surface area contributed by atoms with Gasteiger partial charge in [0, 0.05) is 12.7 Å². The molecule has 2 heterocycles. The molecule has 1 aliphatic rings. The van der Waals surface area contributed by atoms with Crippen molar-refractivity contribution in [2.24, 2.45) is 5.92 Å².